The van der Waals surface area contributed by atoms with Gasteiger partial charge >= 0.3 is 0 Å². The highest BCUT2D eigenvalue weighted by Gasteiger charge is 2.11. The first kappa shape index (κ1) is 14.1. The van der Waals surface area contributed by atoms with Gasteiger partial charge < -0.3 is 9.55 Å². The fraction of sp³-hybridized carbons (Fsp3) is 0.0833. The lowest BCUT2D eigenvalue weighted by Crippen LogP contribution is -2.42. The van der Waals surface area contributed by atoms with Gasteiger partial charge in [-0.2, -0.15) is 0 Å². The standard InChI is InChI=1S/C12H11BrN4O3/c1-17-3-2-7(4-10(17)18)11(19)15-16-12(20)9-5-8(13)6-14-9/h2-6,14H,1H3,(H,15,19)(H,16,20). The van der Waals surface area contributed by atoms with Crippen molar-refractivity contribution in [2.75, 3.05) is 0 Å². The third-order valence-corrected chi connectivity index (χ3v) is 3.01. The van der Waals surface area contributed by atoms with Gasteiger partial charge in [0.25, 0.3) is 17.4 Å². The summed E-state index contributed by atoms with van der Waals surface area (Å²) in [5.74, 6) is -1.06. The van der Waals surface area contributed by atoms with E-state index in [9.17, 15) is 14.4 Å². The molecule has 0 aliphatic heterocycles. The van der Waals surface area contributed by atoms with Gasteiger partial charge in [0.05, 0.1) is 0 Å². The van der Waals surface area contributed by atoms with E-state index < -0.39 is 11.8 Å². The highest BCUT2D eigenvalue weighted by Crippen LogP contribution is 2.09. The van der Waals surface area contributed by atoms with Gasteiger partial charge in [-0.1, -0.05) is 0 Å². The lowest BCUT2D eigenvalue weighted by atomic mass is 10.2. The molecule has 2 rings (SSSR count). The van der Waals surface area contributed by atoms with Crippen LogP contribution in [0.3, 0.4) is 0 Å². The minimum absolute atomic E-state index is 0.168. The van der Waals surface area contributed by atoms with Crippen molar-refractivity contribution in [3.05, 3.63) is 56.7 Å². The van der Waals surface area contributed by atoms with Crippen molar-refractivity contribution < 1.29 is 9.59 Å². The van der Waals surface area contributed by atoms with Crippen LogP contribution in [0.2, 0.25) is 0 Å². The molecule has 2 amide bonds. The molecule has 0 aliphatic carbocycles. The predicted octanol–water partition coefficient (Wildman–Crippen LogP) is 0.551. The number of amides is 2. The number of aryl methyl sites for hydroxylation is 1. The molecule has 0 spiro atoms. The van der Waals surface area contributed by atoms with E-state index in [2.05, 4.69) is 31.8 Å². The lowest BCUT2D eigenvalue weighted by Gasteiger charge is -2.06. The molecule has 0 unspecified atom stereocenters. The Bertz CT molecular complexity index is 719. The Labute approximate surface area is 122 Å². The van der Waals surface area contributed by atoms with Crippen molar-refractivity contribution in [3.8, 4) is 0 Å². The normalized spacial score (nSPS) is 10.1. The summed E-state index contributed by atoms with van der Waals surface area (Å²) in [6, 6.07) is 4.24. The lowest BCUT2D eigenvalue weighted by molar-refractivity contribution is 0.0844. The summed E-state index contributed by atoms with van der Waals surface area (Å²) in [7, 11) is 1.58. The van der Waals surface area contributed by atoms with E-state index in [-0.39, 0.29) is 11.1 Å². The summed E-state index contributed by atoms with van der Waals surface area (Å²) in [6.07, 6.45) is 3.07. The highest BCUT2D eigenvalue weighted by molar-refractivity contribution is 9.10. The monoisotopic (exact) mass is 338 g/mol. The first-order valence-corrected chi connectivity index (χ1v) is 6.38. The van der Waals surface area contributed by atoms with Crippen LogP contribution in [0.25, 0.3) is 0 Å². The molecule has 104 valence electrons. The van der Waals surface area contributed by atoms with Crippen molar-refractivity contribution >= 4 is 27.7 Å². The molecule has 0 radical (unpaired) electrons. The minimum atomic E-state index is -0.568. The summed E-state index contributed by atoms with van der Waals surface area (Å²) in [4.78, 5) is 37.5. The van der Waals surface area contributed by atoms with Crippen LogP contribution >= 0.6 is 15.9 Å². The molecule has 0 fully saturated rings. The Morgan fingerprint density at radius 3 is 2.55 bits per heavy atom. The van der Waals surface area contributed by atoms with Gasteiger partial charge in [0.2, 0.25) is 0 Å². The maximum absolute atomic E-state index is 11.8. The van der Waals surface area contributed by atoms with Crippen LogP contribution in [-0.2, 0) is 7.05 Å². The molecule has 0 bridgehead atoms. The number of aromatic amines is 1. The first-order chi connectivity index (χ1) is 9.47. The smallest absolute Gasteiger partial charge is 0.286 e. The van der Waals surface area contributed by atoms with E-state index in [1.165, 1.54) is 22.9 Å². The Morgan fingerprint density at radius 1 is 1.25 bits per heavy atom. The molecule has 2 aromatic heterocycles. The first-order valence-electron chi connectivity index (χ1n) is 5.58. The summed E-state index contributed by atoms with van der Waals surface area (Å²) < 4.78 is 2.06. The minimum Gasteiger partial charge on any atom is -0.356 e. The number of aromatic nitrogens is 2. The third kappa shape index (κ3) is 3.15. The van der Waals surface area contributed by atoms with Gasteiger partial charge in [-0.15, -0.1) is 0 Å². The quantitative estimate of drug-likeness (QED) is 0.697. The Hall–Kier alpha value is -2.35. The average Bonchev–Trinajstić information content (AvgIpc) is 2.85. The van der Waals surface area contributed by atoms with Crippen LogP contribution < -0.4 is 16.4 Å². The van der Waals surface area contributed by atoms with Gasteiger partial charge in [-0.3, -0.25) is 25.2 Å². The summed E-state index contributed by atoms with van der Waals surface area (Å²) >= 11 is 3.20. The largest absolute Gasteiger partial charge is 0.356 e. The van der Waals surface area contributed by atoms with E-state index in [1.54, 1.807) is 19.3 Å². The number of carbonyl (C=O) groups excluding carboxylic acids is 2. The number of nitrogens with zero attached hydrogens (tertiary/aromatic N) is 1. The molecule has 8 heteroatoms. The molecule has 20 heavy (non-hydrogen) atoms. The number of nitrogens with one attached hydrogen (secondary N) is 3. The second-order valence-electron chi connectivity index (χ2n) is 4.00. The number of hydrogen-bond donors (Lipinski definition) is 3. The molecule has 2 aromatic rings. The number of halogens is 1. The zero-order valence-electron chi connectivity index (χ0n) is 10.4. The SMILES string of the molecule is Cn1ccc(C(=O)NNC(=O)c2cc(Br)c[nH]2)cc1=O. The van der Waals surface area contributed by atoms with E-state index in [0.29, 0.717) is 5.69 Å². The summed E-state index contributed by atoms with van der Waals surface area (Å²) in [5.41, 5.74) is 4.63. The number of hydrogen-bond acceptors (Lipinski definition) is 3. The van der Waals surface area contributed by atoms with Gasteiger partial charge in [0, 0.05) is 35.5 Å². The Balaban J connectivity index is 2.00. The molecule has 0 aromatic carbocycles. The second-order valence-corrected chi connectivity index (χ2v) is 4.92. The van der Waals surface area contributed by atoms with E-state index in [0.717, 1.165) is 4.47 Å². The number of hydrazine groups is 1. The van der Waals surface area contributed by atoms with Crippen molar-refractivity contribution in [1.82, 2.24) is 20.4 Å². The average molecular weight is 339 g/mol. The van der Waals surface area contributed by atoms with Crippen molar-refractivity contribution in [1.29, 1.82) is 0 Å². The maximum Gasteiger partial charge on any atom is 0.286 e. The molecular formula is C12H11BrN4O3. The number of H-pyrrole nitrogens is 1. The van der Waals surface area contributed by atoms with Gasteiger partial charge in [0.15, 0.2) is 0 Å². The van der Waals surface area contributed by atoms with Crippen LogP contribution in [0.5, 0.6) is 0 Å². The van der Waals surface area contributed by atoms with Crippen LogP contribution in [0, 0.1) is 0 Å². The topological polar surface area (TPSA) is 96.0 Å². The van der Waals surface area contributed by atoms with Gasteiger partial charge in [0.1, 0.15) is 5.69 Å². The molecule has 0 saturated carbocycles. The molecule has 7 nitrogen and oxygen atoms in total. The Morgan fingerprint density at radius 2 is 1.95 bits per heavy atom. The van der Waals surface area contributed by atoms with Crippen molar-refractivity contribution in [2.45, 2.75) is 0 Å². The fourth-order valence-corrected chi connectivity index (χ4v) is 1.79. The maximum atomic E-state index is 11.8. The molecule has 3 N–H and O–H groups in total. The van der Waals surface area contributed by atoms with Gasteiger partial charge in [-0.05, 0) is 28.1 Å². The van der Waals surface area contributed by atoms with Crippen LogP contribution in [-0.4, -0.2) is 21.4 Å². The Kier molecular flexibility index (Phi) is 4.04. The third-order valence-electron chi connectivity index (χ3n) is 2.55. The van der Waals surface area contributed by atoms with Crippen molar-refractivity contribution in [3.63, 3.8) is 0 Å². The zero-order valence-corrected chi connectivity index (χ0v) is 12.0. The number of pyridine rings is 1. The number of rotatable bonds is 2. The molecule has 0 aliphatic rings. The van der Waals surface area contributed by atoms with E-state index in [1.807, 2.05) is 0 Å². The van der Waals surface area contributed by atoms with E-state index in [4.69, 9.17) is 0 Å². The van der Waals surface area contributed by atoms with Crippen LogP contribution in [0.1, 0.15) is 20.8 Å². The predicted molar refractivity (Wildman–Crippen MR) is 75.1 cm³/mol. The zero-order chi connectivity index (χ0) is 14.7. The summed E-state index contributed by atoms with van der Waals surface area (Å²) in [5, 5.41) is 0. The van der Waals surface area contributed by atoms with Crippen LogP contribution in [0.15, 0.2) is 39.9 Å². The number of carbonyl (C=O) groups is 2. The van der Waals surface area contributed by atoms with E-state index >= 15 is 0 Å². The fourth-order valence-electron chi connectivity index (χ4n) is 1.44. The van der Waals surface area contributed by atoms with Gasteiger partial charge in [-0.25, -0.2) is 0 Å². The molecule has 0 saturated heterocycles. The van der Waals surface area contributed by atoms with Crippen molar-refractivity contribution in [2.24, 2.45) is 7.05 Å². The van der Waals surface area contributed by atoms with Crippen LogP contribution in [0.4, 0.5) is 0 Å². The second kappa shape index (κ2) is 5.74. The molecule has 0 atom stereocenters. The highest BCUT2D eigenvalue weighted by atomic mass is 79.9. The molecule has 2 heterocycles. The molecular weight excluding hydrogens is 328 g/mol. The summed E-state index contributed by atoms with van der Waals surface area (Å²) in [6.45, 7) is 0.